The van der Waals surface area contributed by atoms with E-state index in [-0.39, 0.29) is 25.1 Å². The zero-order valence-corrected chi connectivity index (χ0v) is 12.0. The highest BCUT2D eigenvalue weighted by Crippen LogP contribution is 2.33. The van der Waals surface area contributed by atoms with E-state index in [4.69, 9.17) is 0 Å². The third-order valence-electron chi connectivity index (χ3n) is 4.43. The van der Waals surface area contributed by atoms with Crippen molar-refractivity contribution in [2.24, 2.45) is 5.92 Å². The molecule has 118 valence electrons. The summed E-state index contributed by atoms with van der Waals surface area (Å²) >= 11 is 0. The van der Waals surface area contributed by atoms with Crippen molar-refractivity contribution in [3.05, 3.63) is 0 Å². The molecule has 2 fully saturated rings. The molecule has 0 aromatic rings. The second-order valence-electron chi connectivity index (χ2n) is 6.57. The van der Waals surface area contributed by atoms with Crippen LogP contribution in [-0.2, 0) is 0 Å². The molecule has 2 atom stereocenters. The van der Waals surface area contributed by atoms with E-state index in [1.165, 1.54) is 0 Å². The summed E-state index contributed by atoms with van der Waals surface area (Å²) in [6.07, 6.45) is -0.269. The molecule has 2 rings (SSSR count). The number of alkyl halides is 3. The van der Waals surface area contributed by atoms with Crippen molar-refractivity contribution in [3.8, 4) is 0 Å². The van der Waals surface area contributed by atoms with Crippen LogP contribution in [0.4, 0.5) is 13.2 Å². The Hall–Kier alpha value is -0.330. The monoisotopic (exact) mass is 294 g/mol. The van der Waals surface area contributed by atoms with Gasteiger partial charge in [0.25, 0.3) is 0 Å². The Balaban J connectivity index is 1.80. The first-order valence-corrected chi connectivity index (χ1v) is 7.50. The first-order chi connectivity index (χ1) is 9.32. The smallest absolute Gasteiger partial charge is 0.393 e. The molecule has 3 nitrogen and oxygen atoms in total. The van der Waals surface area contributed by atoms with E-state index < -0.39 is 12.1 Å². The number of rotatable bonds is 6. The highest BCUT2D eigenvalue weighted by molar-refractivity contribution is 4.93. The average molecular weight is 294 g/mol. The lowest BCUT2D eigenvalue weighted by atomic mass is 9.94. The number of likely N-dealkylation sites (tertiary alicyclic amines) is 1. The van der Waals surface area contributed by atoms with Crippen LogP contribution in [0.5, 0.6) is 0 Å². The number of halogens is 3. The summed E-state index contributed by atoms with van der Waals surface area (Å²) in [5, 5.41) is 12.9. The van der Waals surface area contributed by atoms with Crippen LogP contribution in [0.25, 0.3) is 0 Å². The molecule has 0 aromatic carbocycles. The Morgan fingerprint density at radius 2 is 1.95 bits per heavy atom. The van der Waals surface area contributed by atoms with Gasteiger partial charge in [0.1, 0.15) is 0 Å². The minimum absolute atomic E-state index is 0.0278. The molecule has 1 saturated carbocycles. The fraction of sp³-hybridized carbons (Fsp3) is 1.00. The molecular weight excluding hydrogens is 269 g/mol. The van der Waals surface area contributed by atoms with Gasteiger partial charge in [0.15, 0.2) is 0 Å². The third-order valence-corrected chi connectivity index (χ3v) is 4.43. The summed E-state index contributed by atoms with van der Waals surface area (Å²) in [5.74, 6) is -1.19. The van der Waals surface area contributed by atoms with Gasteiger partial charge in [0.05, 0.1) is 12.5 Å². The third kappa shape index (κ3) is 4.60. The van der Waals surface area contributed by atoms with Gasteiger partial charge in [-0.25, -0.2) is 0 Å². The van der Waals surface area contributed by atoms with E-state index in [1.807, 2.05) is 11.8 Å². The van der Waals surface area contributed by atoms with E-state index in [9.17, 15) is 18.3 Å². The number of aliphatic hydroxyl groups is 1. The van der Waals surface area contributed by atoms with Crippen molar-refractivity contribution >= 4 is 0 Å². The van der Waals surface area contributed by atoms with Gasteiger partial charge in [-0.1, -0.05) is 0 Å². The molecule has 2 aliphatic rings. The minimum Gasteiger partial charge on any atom is -0.394 e. The lowest BCUT2D eigenvalue weighted by Crippen LogP contribution is -2.50. The highest BCUT2D eigenvalue weighted by Gasteiger charge is 2.42. The zero-order chi connectivity index (χ0) is 14.8. The summed E-state index contributed by atoms with van der Waals surface area (Å²) in [4.78, 5) is 1.89. The van der Waals surface area contributed by atoms with Gasteiger partial charge in [0.2, 0.25) is 0 Å². The average Bonchev–Trinajstić information content (AvgIpc) is 3.20. The van der Waals surface area contributed by atoms with Crippen molar-refractivity contribution in [1.82, 2.24) is 10.2 Å². The second kappa shape index (κ2) is 6.20. The summed E-state index contributed by atoms with van der Waals surface area (Å²) in [7, 11) is 0. The molecule has 0 aromatic heterocycles. The molecule has 2 N–H and O–H groups in total. The maximum absolute atomic E-state index is 12.8. The van der Waals surface area contributed by atoms with Crippen molar-refractivity contribution in [1.29, 1.82) is 0 Å². The van der Waals surface area contributed by atoms with Crippen molar-refractivity contribution in [3.63, 3.8) is 0 Å². The Bertz CT molecular complexity index is 320. The number of nitrogens with zero attached hydrogens (tertiary/aromatic N) is 1. The Kier molecular flexibility index (Phi) is 4.97. The van der Waals surface area contributed by atoms with Gasteiger partial charge in [-0.15, -0.1) is 0 Å². The van der Waals surface area contributed by atoms with Crippen LogP contribution in [-0.4, -0.2) is 54.0 Å². The fourth-order valence-electron chi connectivity index (χ4n) is 2.85. The summed E-state index contributed by atoms with van der Waals surface area (Å²) in [6.45, 7) is 3.44. The minimum atomic E-state index is -4.08. The van der Waals surface area contributed by atoms with Gasteiger partial charge >= 0.3 is 6.18 Å². The first kappa shape index (κ1) is 16.0. The topological polar surface area (TPSA) is 35.5 Å². The number of aliphatic hydroxyl groups excluding tert-OH is 1. The zero-order valence-electron chi connectivity index (χ0n) is 12.0. The van der Waals surface area contributed by atoms with Crippen LogP contribution in [0.15, 0.2) is 0 Å². The van der Waals surface area contributed by atoms with Crippen LogP contribution in [0.1, 0.15) is 39.0 Å². The van der Waals surface area contributed by atoms with Crippen molar-refractivity contribution in [2.45, 2.75) is 56.8 Å². The van der Waals surface area contributed by atoms with E-state index in [0.717, 1.165) is 19.4 Å². The number of nitrogens with one attached hydrogen (secondary N) is 1. The van der Waals surface area contributed by atoms with Crippen molar-refractivity contribution in [2.75, 3.05) is 26.2 Å². The van der Waals surface area contributed by atoms with Crippen LogP contribution in [0, 0.1) is 5.92 Å². The number of hydrogen-bond donors (Lipinski definition) is 2. The molecule has 0 amide bonds. The largest absolute Gasteiger partial charge is 0.394 e. The Morgan fingerprint density at radius 3 is 2.50 bits per heavy atom. The number of piperidine rings is 1. The molecule has 0 bridgehead atoms. The van der Waals surface area contributed by atoms with Gasteiger partial charge < -0.3 is 15.3 Å². The van der Waals surface area contributed by atoms with E-state index in [1.54, 1.807) is 0 Å². The van der Waals surface area contributed by atoms with Gasteiger partial charge in [-0.2, -0.15) is 13.2 Å². The van der Waals surface area contributed by atoms with E-state index in [2.05, 4.69) is 5.32 Å². The Morgan fingerprint density at radius 1 is 1.25 bits per heavy atom. The van der Waals surface area contributed by atoms with Gasteiger partial charge in [-0.3, -0.25) is 0 Å². The molecule has 2 unspecified atom stereocenters. The quantitative estimate of drug-likeness (QED) is 0.788. The number of hydrogen-bond acceptors (Lipinski definition) is 3. The van der Waals surface area contributed by atoms with Crippen LogP contribution < -0.4 is 5.32 Å². The molecule has 0 spiro atoms. The highest BCUT2D eigenvalue weighted by atomic mass is 19.4. The maximum atomic E-state index is 12.8. The SMILES string of the molecule is CC(CO)(CCN1CCCC(C(F)(F)F)C1)NC1CC1. The normalized spacial score (nSPS) is 28.4. The molecule has 1 aliphatic carbocycles. The van der Waals surface area contributed by atoms with Gasteiger partial charge in [0, 0.05) is 18.1 Å². The molecule has 20 heavy (non-hydrogen) atoms. The summed E-state index contributed by atoms with van der Waals surface area (Å²) in [6, 6.07) is 0.483. The van der Waals surface area contributed by atoms with Gasteiger partial charge in [-0.05, 0) is 52.1 Å². The van der Waals surface area contributed by atoms with E-state index >= 15 is 0 Å². The molecule has 1 saturated heterocycles. The fourth-order valence-corrected chi connectivity index (χ4v) is 2.85. The summed E-state index contributed by atoms with van der Waals surface area (Å²) < 4.78 is 38.3. The predicted octanol–water partition coefficient (Wildman–Crippen LogP) is 2.15. The maximum Gasteiger partial charge on any atom is 0.393 e. The molecule has 6 heteroatoms. The Labute approximate surface area is 118 Å². The van der Waals surface area contributed by atoms with Crippen LogP contribution in [0.2, 0.25) is 0 Å². The first-order valence-electron chi connectivity index (χ1n) is 7.50. The lowest BCUT2D eigenvalue weighted by molar-refractivity contribution is -0.186. The predicted molar refractivity (Wildman–Crippen MR) is 71.5 cm³/mol. The lowest BCUT2D eigenvalue weighted by Gasteiger charge is -2.36. The molecule has 1 heterocycles. The van der Waals surface area contributed by atoms with Crippen LogP contribution >= 0.6 is 0 Å². The molecular formula is C14H25F3N2O. The second-order valence-corrected chi connectivity index (χ2v) is 6.57. The van der Waals surface area contributed by atoms with E-state index in [0.29, 0.717) is 25.4 Å². The van der Waals surface area contributed by atoms with Crippen molar-refractivity contribution < 1.29 is 18.3 Å². The molecule has 1 aliphatic heterocycles. The standard InChI is InChI=1S/C14H25F3N2O/c1-13(10-20,18-12-4-5-12)6-8-19-7-2-3-11(9-19)14(15,16)17/h11-12,18,20H,2-10H2,1H3. The summed E-state index contributed by atoms with van der Waals surface area (Å²) in [5.41, 5.74) is -0.369. The molecule has 0 radical (unpaired) electrons. The van der Waals surface area contributed by atoms with Crippen LogP contribution in [0.3, 0.4) is 0 Å².